The average Bonchev–Trinajstić information content (AvgIpc) is 2.39. The van der Waals surface area contributed by atoms with Gasteiger partial charge in [0.2, 0.25) is 0 Å². The van der Waals surface area contributed by atoms with Gasteiger partial charge in [-0.1, -0.05) is 0 Å². The third-order valence-corrected chi connectivity index (χ3v) is 1.94. The Kier molecular flexibility index (Phi) is 2.56. The summed E-state index contributed by atoms with van der Waals surface area (Å²) in [6.07, 6.45) is 0.407. The van der Waals surface area contributed by atoms with Crippen LogP contribution in [-0.2, 0) is 11.2 Å². The Bertz CT molecular complexity index is 234. The van der Waals surface area contributed by atoms with Crippen molar-refractivity contribution in [2.45, 2.75) is 12.5 Å². The molecule has 11 heavy (non-hydrogen) atoms. The molecular formula is C6H7NO3S. The fraction of sp³-hybridized carbons (Fsp3) is 0.333. The largest absolute Gasteiger partial charge is 0.479 e. The number of carbonyl (C=O) groups is 1. The second-order valence-corrected chi connectivity index (χ2v) is 2.95. The molecule has 4 nitrogen and oxygen atoms in total. The van der Waals surface area contributed by atoms with E-state index in [1.165, 1.54) is 11.5 Å². The second kappa shape index (κ2) is 3.45. The number of carboxylic acid groups (broad SMARTS) is 1. The summed E-state index contributed by atoms with van der Waals surface area (Å²) in [7, 11) is 0. The number of rotatable bonds is 3. The van der Waals surface area contributed by atoms with Gasteiger partial charge in [0.1, 0.15) is 0 Å². The summed E-state index contributed by atoms with van der Waals surface area (Å²) in [5, 5.41) is 17.2. The molecule has 0 aliphatic carbocycles. The summed E-state index contributed by atoms with van der Waals surface area (Å²) in [4.78, 5) is 10.9. The van der Waals surface area contributed by atoms with Gasteiger partial charge in [-0.15, -0.1) is 0 Å². The van der Waals surface area contributed by atoms with E-state index in [2.05, 4.69) is 4.37 Å². The van der Waals surface area contributed by atoms with E-state index in [-0.39, 0.29) is 6.42 Å². The molecule has 0 saturated heterocycles. The van der Waals surface area contributed by atoms with Crippen LogP contribution in [0, 0.1) is 0 Å². The number of aliphatic carboxylic acids is 1. The predicted octanol–water partition coefficient (Wildman–Crippen LogP) is 0.131. The number of carboxylic acids is 1. The number of hydrogen-bond donors (Lipinski definition) is 2. The average molecular weight is 173 g/mol. The molecule has 0 spiro atoms. The van der Waals surface area contributed by atoms with Crippen molar-refractivity contribution in [3.8, 4) is 0 Å². The van der Waals surface area contributed by atoms with Crippen LogP contribution in [0.1, 0.15) is 4.88 Å². The van der Waals surface area contributed by atoms with Crippen LogP contribution < -0.4 is 0 Å². The molecule has 1 atom stereocenters. The molecule has 1 heterocycles. The van der Waals surface area contributed by atoms with Crippen molar-refractivity contribution in [3.63, 3.8) is 0 Å². The number of hydrogen-bond acceptors (Lipinski definition) is 4. The zero-order chi connectivity index (χ0) is 8.27. The zero-order valence-electron chi connectivity index (χ0n) is 5.60. The van der Waals surface area contributed by atoms with Crippen molar-refractivity contribution < 1.29 is 15.0 Å². The Labute approximate surface area is 67.3 Å². The molecule has 0 aliphatic rings. The van der Waals surface area contributed by atoms with Gasteiger partial charge in [-0.25, -0.2) is 9.17 Å². The molecule has 1 aromatic heterocycles. The molecule has 0 radical (unpaired) electrons. The maximum atomic E-state index is 10.2. The summed E-state index contributed by atoms with van der Waals surface area (Å²) in [5.41, 5.74) is 0. The van der Waals surface area contributed by atoms with E-state index in [4.69, 9.17) is 10.2 Å². The van der Waals surface area contributed by atoms with Gasteiger partial charge in [0.15, 0.2) is 6.10 Å². The summed E-state index contributed by atoms with van der Waals surface area (Å²) in [6.45, 7) is 0. The Morgan fingerprint density at radius 3 is 3.00 bits per heavy atom. The van der Waals surface area contributed by atoms with Crippen LogP contribution in [-0.4, -0.2) is 26.7 Å². The van der Waals surface area contributed by atoms with Crippen LogP contribution in [0.5, 0.6) is 0 Å². The van der Waals surface area contributed by atoms with Crippen molar-refractivity contribution in [1.82, 2.24) is 4.37 Å². The molecule has 0 amide bonds. The van der Waals surface area contributed by atoms with Crippen LogP contribution >= 0.6 is 11.5 Å². The first-order valence-corrected chi connectivity index (χ1v) is 3.78. The Hall–Kier alpha value is -0.940. The standard InChI is InChI=1S/C6H7NO3S/c8-5(6(9)10)3-4-1-2-7-11-4/h1-2,5,8H,3H2,(H,9,10). The van der Waals surface area contributed by atoms with E-state index >= 15 is 0 Å². The van der Waals surface area contributed by atoms with Gasteiger partial charge in [0.05, 0.1) is 0 Å². The molecule has 0 aliphatic heterocycles. The SMILES string of the molecule is O=C(O)C(O)Cc1ccns1. The lowest BCUT2D eigenvalue weighted by atomic mass is 10.2. The Balaban J connectivity index is 2.50. The normalized spacial score (nSPS) is 12.8. The molecule has 1 rings (SSSR count). The number of aliphatic hydroxyl groups is 1. The maximum absolute atomic E-state index is 10.2. The highest BCUT2D eigenvalue weighted by atomic mass is 32.1. The van der Waals surface area contributed by atoms with Crippen LogP contribution in [0.15, 0.2) is 12.3 Å². The first-order chi connectivity index (χ1) is 5.20. The minimum Gasteiger partial charge on any atom is -0.479 e. The molecule has 2 N–H and O–H groups in total. The fourth-order valence-electron chi connectivity index (χ4n) is 0.625. The first-order valence-electron chi connectivity index (χ1n) is 3.00. The number of aromatic nitrogens is 1. The van der Waals surface area contributed by atoms with Crippen molar-refractivity contribution in [2.24, 2.45) is 0 Å². The van der Waals surface area contributed by atoms with Crippen LogP contribution in [0.3, 0.4) is 0 Å². The summed E-state index contributed by atoms with van der Waals surface area (Å²) in [5.74, 6) is -1.20. The molecule has 0 saturated carbocycles. The van der Waals surface area contributed by atoms with E-state index in [0.717, 1.165) is 4.88 Å². The maximum Gasteiger partial charge on any atom is 0.332 e. The van der Waals surface area contributed by atoms with Gasteiger partial charge in [-0.3, -0.25) is 0 Å². The highest BCUT2D eigenvalue weighted by Crippen LogP contribution is 2.07. The van der Waals surface area contributed by atoms with E-state index in [0.29, 0.717) is 0 Å². The van der Waals surface area contributed by atoms with E-state index in [9.17, 15) is 4.79 Å². The van der Waals surface area contributed by atoms with Gasteiger partial charge >= 0.3 is 5.97 Å². The summed E-state index contributed by atoms with van der Waals surface area (Å²) < 4.78 is 3.77. The first kappa shape index (κ1) is 8.16. The third-order valence-electron chi connectivity index (χ3n) is 1.17. The minimum absolute atomic E-state index is 0.139. The Morgan fingerprint density at radius 2 is 2.55 bits per heavy atom. The van der Waals surface area contributed by atoms with Gasteiger partial charge in [-0.2, -0.15) is 0 Å². The second-order valence-electron chi connectivity index (χ2n) is 2.04. The lowest BCUT2D eigenvalue weighted by Gasteiger charge is -2.00. The Morgan fingerprint density at radius 1 is 1.82 bits per heavy atom. The molecule has 0 fully saturated rings. The highest BCUT2D eigenvalue weighted by molar-refractivity contribution is 7.05. The van der Waals surface area contributed by atoms with Crippen molar-refractivity contribution in [3.05, 3.63) is 17.1 Å². The van der Waals surface area contributed by atoms with Crippen molar-refractivity contribution in [1.29, 1.82) is 0 Å². The smallest absolute Gasteiger partial charge is 0.332 e. The zero-order valence-corrected chi connectivity index (χ0v) is 6.41. The summed E-state index contributed by atoms with van der Waals surface area (Å²) >= 11 is 1.20. The fourth-order valence-corrected chi connectivity index (χ4v) is 1.24. The lowest BCUT2D eigenvalue weighted by Crippen LogP contribution is -2.21. The molecule has 1 unspecified atom stereocenters. The minimum atomic E-state index is -1.31. The van der Waals surface area contributed by atoms with Gasteiger partial charge in [-0.05, 0) is 17.6 Å². The third kappa shape index (κ3) is 2.28. The topological polar surface area (TPSA) is 70.4 Å². The van der Waals surface area contributed by atoms with Crippen molar-refractivity contribution >= 4 is 17.5 Å². The molecule has 5 heteroatoms. The van der Waals surface area contributed by atoms with Crippen molar-refractivity contribution in [2.75, 3.05) is 0 Å². The molecule has 0 bridgehead atoms. The lowest BCUT2D eigenvalue weighted by molar-refractivity contribution is -0.146. The highest BCUT2D eigenvalue weighted by Gasteiger charge is 2.13. The van der Waals surface area contributed by atoms with E-state index in [1.54, 1.807) is 12.3 Å². The number of aliphatic hydroxyl groups excluding tert-OH is 1. The van der Waals surface area contributed by atoms with Gasteiger partial charge in [0.25, 0.3) is 0 Å². The van der Waals surface area contributed by atoms with E-state index < -0.39 is 12.1 Å². The quantitative estimate of drug-likeness (QED) is 0.681. The van der Waals surface area contributed by atoms with Crippen LogP contribution in [0.25, 0.3) is 0 Å². The van der Waals surface area contributed by atoms with Gasteiger partial charge in [0, 0.05) is 17.5 Å². The predicted molar refractivity (Wildman–Crippen MR) is 39.5 cm³/mol. The summed E-state index contributed by atoms with van der Waals surface area (Å²) in [6, 6.07) is 1.69. The molecule has 60 valence electrons. The van der Waals surface area contributed by atoms with Crippen LogP contribution in [0.2, 0.25) is 0 Å². The molecule has 1 aromatic rings. The van der Waals surface area contributed by atoms with Crippen LogP contribution in [0.4, 0.5) is 0 Å². The van der Waals surface area contributed by atoms with Gasteiger partial charge < -0.3 is 10.2 Å². The number of nitrogens with zero attached hydrogens (tertiary/aromatic N) is 1. The molecular weight excluding hydrogens is 166 g/mol. The van der Waals surface area contributed by atoms with E-state index in [1.807, 2.05) is 0 Å². The monoisotopic (exact) mass is 173 g/mol. The molecule has 0 aromatic carbocycles.